The van der Waals surface area contributed by atoms with Crippen molar-refractivity contribution in [3.05, 3.63) is 33.3 Å². The lowest BCUT2D eigenvalue weighted by molar-refractivity contribution is 0.346. The molecule has 0 saturated carbocycles. The molecule has 1 N–H and O–H groups in total. The number of nitrogens with one attached hydrogen (secondary N) is 1. The Balaban J connectivity index is 2.12. The third-order valence-electron chi connectivity index (χ3n) is 4.09. The van der Waals surface area contributed by atoms with Gasteiger partial charge in [-0.2, -0.15) is 0 Å². The second-order valence-corrected chi connectivity index (χ2v) is 9.22. The molecule has 1 saturated heterocycles. The van der Waals surface area contributed by atoms with Crippen LogP contribution in [0, 0.1) is 11.8 Å². The molecule has 1 fully saturated rings. The summed E-state index contributed by atoms with van der Waals surface area (Å²) in [4.78, 5) is 0. The Morgan fingerprint density at radius 1 is 1.48 bits per heavy atom. The maximum Gasteiger partial charge on any atom is 0.150 e. The first-order valence-corrected chi connectivity index (χ1v) is 10.3. The van der Waals surface area contributed by atoms with Gasteiger partial charge in [-0.3, -0.25) is 0 Å². The van der Waals surface area contributed by atoms with Gasteiger partial charge in [0, 0.05) is 9.50 Å². The zero-order valence-corrected chi connectivity index (χ0v) is 15.3. The number of hydrogen-bond acceptors (Lipinski definition) is 3. The molecule has 0 radical (unpaired) electrons. The third kappa shape index (κ3) is 4.95. The molecule has 0 amide bonds. The van der Waals surface area contributed by atoms with Crippen LogP contribution in [0.4, 0.5) is 0 Å². The molecule has 0 bridgehead atoms. The zero-order valence-electron chi connectivity index (χ0n) is 12.1. The van der Waals surface area contributed by atoms with Crippen LogP contribution in [0.1, 0.15) is 18.9 Å². The molecule has 3 nitrogen and oxygen atoms in total. The molecule has 1 heterocycles. The van der Waals surface area contributed by atoms with Gasteiger partial charge in [-0.05, 0) is 55.5 Å². The van der Waals surface area contributed by atoms with Gasteiger partial charge in [-0.1, -0.05) is 40.5 Å². The molecule has 6 heteroatoms. The predicted octanol–water partition coefficient (Wildman–Crippen LogP) is 3.31. The van der Waals surface area contributed by atoms with Crippen molar-refractivity contribution in [3.8, 4) is 0 Å². The Labute approximate surface area is 140 Å². The summed E-state index contributed by atoms with van der Waals surface area (Å²) in [6, 6.07) is 5.90. The van der Waals surface area contributed by atoms with Gasteiger partial charge in [-0.25, -0.2) is 8.42 Å². The van der Waals surface area contributed by atoms with Gasteiger partial charge in [-0.15, -0.1) is 0 Å². The highest BCUT2D eigenvalue weighted by Crippen LogP contribution is 2.31. The summed E-state index contributed by atoms with van der Waals surface area (Å²) < 4.78 is 24.4. The lowest BCUT2D eigenvalue weighted by Crippen LogP contribution is -2.30. The highest BCUT2D eigenvalue weighted by atomic mass is 79.9. The Morgan fingerprint density at radius 3 is 2.81 bits per heavy atom. The van der Waals surface area contributed by atoms with Crippen molar-refractivity contribution >= 4 is 37.4 Å². The number of benzene rings is 1. The van der Waals surface area contributed by atoms with Crippen LogP contribution in [0.15, 0.2) is 22.7 Å². The van der Waals surface area contributed by atoms with Crippen molar-refractivity contribution in [2.45, 2.75) is 19.8 Å². The minimum atomic E-state index is -2.84. The largest absolute Gasteiger partial charge is 0.317 e. The fraction of sp³-hybridized carbons (Fsp3) is 0.600. The van der Waals surface area contributed by atoms with Crippen LogP contribution >= 0.6 is 27.5 Å². The van der Waals surface area contributed by atoms with Crippen LogP contribution < -0.4 is 5.32 Å². The molecule has 21 heavy (non-hydrogen) atoms. The van der Waals surface area contributed by atoms with Crippen LogP contribution in [0.5, 0.6) is 0 Å². The monoisotopic (exact) mass is 393 g/mol. The van der Waals surface area contributed by atoms with Crippen molar-refractivity contribution in [1.82, 2.24) is 5.32 Å². The second-order valence-electron chi connectivity index (χ2n) is 5.67. The van der Waals surface area contributed by atoms with E-state index in [2.05, 4.69) is 28.2 Å². The van der Waals surface area contributed by atoms with Crippen LogP contribution in [0.2, 0.25) is 5.02 Å². The standard InChI is InChI=1S/C15H21BrClNO2S/c1-2-18-9-13(12-5-6-21(19,20)10-12)7-11-3-4-14(16)8-15(11)17/h3-4,8,12-13,18H,2,5-7,9-10H2,1H3. The Hall–Kier alpha value is -0.100. The average molecular weight is 395 g/mol. The van der Waals surface area contributed by atoms with Gasteiger partial charge in [0.1, 0.15) is 0 Å². The van der Waals surface area contributed by atoms with Gasteiger partial charge in [0.15, 0.2) is 9.84 Å². The van der Waals surface area contributed by atoms with Crippen molar-refractivity contribution in [3.63, 3.8) is 0 Å². The van der Waals surface area contributed by atoms with Crippen LogP contribution in [-0.4, -0.2) is 33.0 Å². The molecule has 2 unspecified atom stereocenters. The Bertz CT molecular complexity index is 591. The Morgan fingerprint density at radius 2 is 2.24 bits per heavy atom. The van der Waals surface area contributed by atoms with Gasteiger partial charge in [0.05, 0.1) is 11.5 Å². The van der Waals surface area contributed by atoms with Gasteiger partial charge >= 0.3 is 0 Å². The van der Waals surface area contributed by atoms with E-state index in [1.54, 1.807) is 0 Å². The molecular weight excluding hydrogens is 374 g/mol. The van der Waals surface area contributed by atoms with E-state index in [0.29, 0.717) is 17.4 Å². The van der Waals surface area contributed by atoms with Crippen LogP contribution in [0.25, 0.3) is 0 Å². The third-order valence-corrected chi connectivity index (χ3v) is 6.73. The summed E-state index contributed by atoms with van der Waals surface area (Å²) in [6.45, 7) is 3.79. The van der Waals surface area contributed by atoms with Crippen LogP contribution in [0.3, 0.4) is 0 Å². The molecule has 1 aliphatic heterocycles. The SMILES string of the molecule is CCNCC(Cc1ccc(Br)cc1Cl)C1CCS(=O)(=O)C1. The van der Waals surface area contributed by atoms with Gasteiger partial charge in [0.2, 0.25) is 0 Å². The summed E-state index contributed by atoms with van der Waals surface area (Å²) in [6.07, 6.45) is 1.59. The molecule has 2 rings (SSSR count). The Kier molecular flexibility index (Phi) is 6.12. The van der Waals surface area contributed by atoms with E-state index in [1.165, 1.54) is 0 Å². The summed E-state index contributed by atoms with van der Waals surface area (Å²) in [5.41, 5.74) is 1.09. The van der Waals surface area contributed by atoms with Crippen molar-refractivity contribution in [2.24, 2.45) is 11.8 Å². The normalized spacial score (nSPS) is 22.3. The summed E-state index contributed by atoms with van der Waals surface area (Å²) >= 11 is 9.71. The van der Waals surface area contributed by atoms with E-state index in [9.17, 15) is 8.42 Å². The number of rotatable bonds is 6. The molecule has 0 spiro atoms. The maximum absolute atomic E-state index is 11.7. The zero-order chi connectivity index (χ0) is 15.5. The summed E-state index contributed by atoms with van der Waals surface area (Å²) in [5.74, 6) is 1.18. The van der Waals surface area contributed by atoms with E-state index in [1.807, 2.05) is 18.2 Å². The summed E-state index contributed by atoms with van der Waals surface area (Å²) in [7, 11) is -2.84. The maximum atomic E-state index is 11.7. The molecule has 1 aliphatic rings. The van der Waals surface area contributed by atoms with Crippen LogP contribution in [-0.2, 0) is 16.3 Å². The van der Waals surface area contributed by atoms with E-state index in [-0.39, 0.29) is 5.92 Å². The lowest BCUT2D eigenvalue weighted by atomic mass is 9.86. The smallest absolute Gasteiger partial charge is 0.150 e. The van der Waals surface area contributed by atoms with Gasteiger partial charge in [0.25, 0.3) is 0 Å². The first-order chi connectivity index (χ1) is 9.91. The minimum Gasteiger partial charge on any atom is -0.317 e. The fourth-order valence-corrected chi connectivity index (χ4v) is 5.57. The second kappa shape index (κ2) is 7.44. The van der Waals surface area contributed by atoms with E-state index >= 15 is 0 Å². The quantitative estimate of drug-likeness (QED) is 0.805. The lowest BCUT2D eigenvalue weighted by Gasteiger charge is -2.23. The predicted molar refractivity (Wildman–Crippen MR) is 91.7 cm³/mol. The first-order valence-electron chi connectivity index (χ1n) is 7.26. The van der Waals surface area contributed by atoms with Crippen molar-refractivity contribution < 1.29 is 8.42 Å². The topological polar surface area (TPSA) is 46.2 Å². The van der Waals surface area contributed by atoms with E-state index in [4.69, 9.17) is 11.6 Å². The molecule has 118 valence electrons. The highest BCUT2D eigenvalue weighted by molar-refractivity contribution is 9.10. The minimum absolute atomic E-state index is 0.230. The van der Waals surface area contributed by atoms with E-state index < -0.39 is 9.84 Å². The molecule has 0 aliphatic carbocycles. The number of hydrogen-bond donors (Lipinski definition) is 1. The molecule has 1 aromatic carbocycles. The fourth-order valence-electron chi connectivity index (χ4n) is 2.90. The highest BCUT2D eigenvalue weighted by Gasteiger charge is 2.33. The molecule has 2 atom stereocenters. The average Bonchev–Trinajstić information content (AvgIpc) is 2.77. The van der Waals surface area contributed by atoms with Crippen molar-refractivity contribution in [2.75, 3.05) is 24.6 Å². The van der Waals surface area contributed by atoms with Crippen molar-refractivity contribution in [1.29, 1.82) is 0 Å². The van der Waals surface area contributed by atoms with Gasteiger partial charge < -0.3 is 5.32 Å². The van der Waals surface area contributed by atoms with E-state index in [0.717, 1.165) is 41.0 Å². The first kappa shape index (κ1) is 17.3. The summed E-state index contributed by atoms with van der Waals surface area (Å²) in [5, 5.41) is 4.10. The number of halogens is 2. The molecule has 1 aromatic rings. The molecule has 0 aromatic heterocycles. The molecular formula is C15H21BrClNO2S. The number of sulfone groups is 1.